The fourth-order valence-electron chi connectivity index (χ4n) is 11.1. The average molecular weight is 799 g/mol. The molecular weight excluding hydrogens is 757 g/mol. The highest BCUT2D eigenvalue weighted by molar-refractivity contribution is 7.24. The Morgan fingerprint density at radius 1 is 0.333 bits per heavy atom. The van der Waals surface area contributed by atoms with Crippen LogP contribution in [0.1, 0.15) is 11.1 Å². The summed E-state index contributed by atoms with van der Waals surface area (Å²) in [5.41, 5.74) is 10.1. The Labute approximate surface area is 353 Å². The highest BCUT2D eigenvalue weighted by Crippen LogP contribution is 2.42. The molecule has 9 aromatic carbocycles. The lowest BCUT2D eigenvalue weighted by Crippen LogP contribution is -2.82. The minimum atomic E-state index is -3.05. The first-order valence-electron chi connectivity index (χ1n) is 21.0. The fraction of sp³-hybridized carbons (Fsp3) is 0.0357. The molecule has 0 spiro atoms. The van der Waals surface area contributed by atoms with E-state index in [1.165, 1.54) is 97.2 Å². The van der Waals surface area contributed by atoms with Crippen molar-refractivity contribution in [3.8, 4) is 5.69 Å². The standard InChI is InChI=1S/C56H42N2Si2/c1-39-30-33-48-46(36-39)47-37-40(2)31-34-49(47)57(48)41-32-35-51-55(38-41)60(44-22-11-5-12-23-44,45-24-13-6-14-25-45)54-29-17-28-53-56(54)58(51)50-26-15-16-27-52(50)59(53,42-18-7-3-8-19-42)43-20-9-4-10-21-43/h3-38H,1-2H3. The van der Waals surface area contributed by atoms with Crippen LogP contribution in [0.15, 0.2) is 218 Å². The van der Waals surface area contributed by atoms with E-state index in [1.54, 1.807) is 0 Å². The minimum absolute atomic E-state index is 1.19. The largest absolute Gasteiger partial charge is 0.311 e. The summed E-state index contributed by atoms with van der Waals surface area (Å²) in [7, 11) is -5.91. The molecule has 2 aliphatic rings. The summed E-state index contributed by atoms with van der Waals surface area (Å²) in [5.74, 6) is 0. The predicted octanol–water partition coefficient (Wildman–Crippen LogP) is 8.25. The molecule has 1 aromatic heterocycles. The Bertz CT molecular complexity index is 3150. The van der Waals surface area contributed by atoms with Crippen LogP contribution in [0, 0.1) is 13.8 Å². The van der Waals surface area contributed by atoms with E-state index in [1.807, 2.05) is 0 Å². The van der Waals surface area contributed by atoms with Gasteiger partial charge in [0, 0.05) is 33.5 Å². The molecular formula is C56H42N2Si2. The van der Waals surface area contributed by atoms with Crippen LogP contribution in [0.25, 0.3) is 27.5 Å². The second kappa shape index (κ2) is 13.3. The van der Waals surface area contributed by atoms with Gasteiger partial charge in [0.1, 0.15) is 0 Å². The third kappa shape index (κ3) is 4.69. The van der Waals surface area contributed by atoms with Crippen molar-refractivity contribution in [2.45, 2.75) is 13.8 Å². The van der Waals surface area contributed by atoms with Crippen LogP contribution in [-0.2, 0) is 0 Å². The van der Waals surface area contributed by atoms with Gasteiger partial charge in [-0.3, -0.25) is 0 Å². The number of hydrogen-bond acceptors (Lipinski definition) is 1. The smallest absolute Gasteiger partial charge is 0.184 e. The number of benzene rings is 9. The van der Waals surface area contributed by atoms with Gasteiger partial charge in [-0.05, 0) is 104 Å². The zero-order valence-electron chi connectivity index (χ0n) is 33.7. The van der Waals surface area contributed by atoms with Gasteiger partial charge < -0.3 is 9.47 Å². The maximum absolute atomic E-state index is 3.05. The lowest BCUT2D eigenvalue weighted by Gasteiger charge is -2.52. The van der Waals surface area contributed by atoms with E-state index in [4.69, 9.17) is 0 Å². The van der Waals surface area contributed by atoms with Crippen LogP contribution in [-0.4, -0.2) is 20.7 Å². The van der Waals surface area contributed by atoms with Crippen LogP contribution in [0.5, 0.6) is 0 Å². The number of rotatable bonds is 5. The zero-order valence-corrected chi connectivity index (χ0v) is 35.7. The molecule has 12 rings (SSSR count). The Kier molecular flexibility index (Phi) is 7.74. The van der Waals surface area contributed by atoms with Crippen molar-refractivity contribution in [2.24, 2.45) is 0 Å². The Balaban J connectivity index is 1.26. The molecule has 10 aromatic rings. The molecule has 0 saturated carbocycles. The quantitative estimate of drug-likeness (QED) is 0.159. The summed E-state index contributed by atoms with van der Waals surface area (Å²) in [6.45, 7) is 4.40. The second-order valence-corrected chi connectivity index (χ2v) is 24.1. The van der Waals surface area contributed by atoms with Crippen molar-refractivity contribution < 1.29 is 0 Å². The van der Waals surface area contributed by atoms with E-state index in [0.29, 0.717) is 0 Å². The van der Waals surface area contributed by atoms with Crippen molar-refractivity contribution in [1.82, 2.24) is 4.57 Å². The number of aromatic nitrogens is 1. The average Bonchev–Trinajstić information content (AvgIpc) is 3.62. The van der Waals surface area contributed by atoms with Gasteiger partial charge >= 0.3 is 0 Å². The van der Waals surface area contributed by atoms with E-state index in [9.17, 15) is 0 Å². The van der Waals surface area contributed by atoms with Gasteiger partial charge in [-0.15, -0.1) is 0 Å². The Hall–Kier alpha value is -6.99. The first kappa shape index (κ1) is 35.0. The summed E-state index contributed by atoms with van der Waals surface area (Å²) in [4.78, 5) is 2.66. The lowest BCUT2D eigenvalue weighted by molar-refractivity contribution is 1.17. The fourth-order valence-corrected chi connectivity index (χ4v) is 21.4. The number of para-hydroxylation sites is 2. The van der Waals surface area contributed by atoms with E-state index < -0.39 is 16.1 Å². The van der Waals surface area contributed by atoms with Gasteiger partial charge in [-0.2, -0.15) is 0 Å². The first-order chi connectivity index (χ1) is 29.6. The SMILES string of the molecule is Cc1ccc2c(c1)c1cc(C)ccc1n2-c1ccc2c(c1)[Si](c1ccccc1)(c1ccccc1)c1cccc3c1N2c1ccccc1[Si]3(c1ccccc1)c1ccccc1. The van der Waals surface area contributed by atoms with E-state index >= 15 is 0 Å². The summed E-state index contributed by atoms with van der Waals surface area (Å²) in [6.07, 6.45) is 0. The zero-order chi connectivity index (χ0) is 40.0. The first-order valence-corrected chi connectivity index (χ1v) is 25.0. The van der Waals surface area contributed by atoms with E-state index in [-0.39, 0.29) is 0 Å². The van der Waals surface area contributed by atoms with Gasteiger partial charge in [-0.25, -0.2) is 0 Å². The molecule has 4 heteroatoms. The topological polar surface area (TPSA) is 8.17 Å². The van der Waals surface area contributed by atoms with Crippen LogP contribution in [0.2, 0.25) is 0 Å². The molecule has 0 radical (unpaired) electrons. The van der Waals surface area contributed by atoms with Gasteiger partial charge in [0.25, 0.3) is 0 Å². The molecule has 0 bridgehead atoms. The van der Waals surface area contributed by atoms with Crippen LogP contribution in [0.4, 0.5) is 17.1 Å². The number of nitrogens with zero attached hydrogens (tertiary/aromatic N) is 2. The second-order valence-electron chi connectivity index (χ2n) is 16.6. The molecule has 0 atom stereocenters. The number of fused-ring (bicyclic) bond motifs is 7. The molecule has 2 aliphatic heterocycles. The monoisotopic (exact) mass is 798 g/mol. The molecule has 0 unspecified atom stereocenters. The van der Waals surface area contributed by atoms with E-state index in [2.05, 4.69) is 242 Å². The van der Waals surface area contributed by atoms with Gasteiger partial charge in [0.15, 0.2) is 16.1 Å². The Morgan fingerprint density at radius 2 is 0.750 bits per heavy atom. The minimum Gasteiger partial charge on any atom is -0.311 e. The van der Waals surface area contributed by atoms with Crippen molar-refractivity contribution in [3.63, 3.8) is 0 Å². The van der Waals surface area contributed by atoms with Gasteiger partial charge in [-0.1, -0.05) is 181 Å². The molecule has 60 heavy (non-hydrogen) atoms. The molecule has 0 aliphatic carbocycles. The lowest BCUT2D eigenvalue weighted by atomic mass is 10.1. The van der Waals surface area contributed by atoms with Crippen LogP contribution < -0.4 is 46.4 Å². The summed E-state index contributed by atoms with van der Waals surface area (Å²) >= 11 is 0. The molecule has 0 N–H and O–H groups in total. The molecule has 3 heterocycles. The highest BCUT2D eigenvalue weighted by atomic mass is 28.3. The molecule has 0 fully saturated rings. The van der Waals surface area contributed by atoms with Crippen molar-refractivity contribution in [3.05, 3.63) is 230 Å². The molecule has 0 amide bonds. The van der Waals surface area contributed by atoms with Crippen LogP contribution in [0.3, 0.4) is 0 Å². The summed E-state index contributed by atoms with van der Waals surface area (Å²) < 4.78 is 2.51. The van der Waals surface area contributed by atoms with Crippen molar-refractivity contribution in [1.29, 1.82) is 0 Å². The summed E-state index contributed by atoms with van der Waals surface area (Å²) in [5, 5.41) is 13.9. The highest BCUT2D eigenvalue weighted by Gasteiger charge is 2.56. The summed E-state index contributed by atoms with van der Waals surface area (Å²) in [6, 6.07) is 83.7. The maximum atomic E-state index is 2.66. The number of aryl methyl sites for hydroxylation is 2. The molecule has 0 saturated heterocycles. The molecule has 2 nitrogen and oxygen atoms in total. The van der Waals surface area contributed by atoms with E-state index in [0.717, 1.165) is 0 Å². The maximum Gasteiger partial charge on any atom is 0.184 e. The number of hydrogen-bond donors (Lipinski definition) is 0. The normalized spacial score (nSPS) is 14.4. The third-order valence-electron chi connectivity index (χ3n) is 13.4. The van der Waals surface area contributed by atoms with Crippen molar-refractivity contribution in [2.75, 3.05) is 4.90 Å². The molecule has 284 valence electrons. The third-order valence-corrected chi connectivity index (χ3v) is 23.1. The predicted molar refractivity (Wildman–Crippen MR) is 259 cm³/mol. The van der Waals surface area contributed by atoms with Crippen molar-refractivity contribution >= 4 is 96.5 Å². The van der Waals surface area contributed by atoms with Gasteiger partial charge in [0.05, 0.1) is 11.0 Å². The number of anilines is 3. The van der Waals surface area contributed by atoms with Crippen LogP contribution >= 0.6 is 0 Å². The van der Waals surface area contributed by atoms with Gasteiger partial charge in [0.2, 0.25) is 0 Å². The Morgan fingerprint density at radius 3 is 1.25 bits per heavy atom.